The van der Waals surface area contributed by atoms with Crippen LogP contribution >= 0.6 is 23.1 Å². The fourth-order valence-electron chi connectivity index (χ4n) is 3.30. The predicted octanol–water partition coefficient (Wildman–Crippen LogP) is 5.77. The van der Waals surface area contributed by atoms with E-state index >= 15 is 0 Å². The Morgan fingerprint density at radius 1 is 1.07 bits per heavy atom. The molecule has 1 amide bonds. The molecule has 0 unspecified atom stereocenters. The Balaban J connectivity index is 1.57. The fraction of sp³-hybridized carbons (Fsp3) is 0.208. The number of carbonyl (C=O) groups is 1. The van der Waals surface area contributed by atoms with Crippen molar-refractivity contribution < 1.29 is 4.79 Å². The molecule has 0 spiro atoms. The van der Waals surface area contributed by atoms with Crippen LogP contribution in [-0.4, -0.2) is 21.6 Å². The van der Waals surface area contributed by atoms with Crippen LogP contribution in [0, 0.1) is 13.8 Å². The molecule has 4 nitrogen and oxygen atoms in total. The molecule has 152 valence electrons. The van der Waals surface area contributed by atoms with Crippen LogP contribution in [0.2, 0.25) is 0 Å². The van der Waals surface area contributed by atoms with Crippen LogP contribution in [0.1, 0.15) is 22.4 Å². The first kappa shape index (κ1) is 20.6. The zero-order chi connectivity index (χ0) is 20.9. The van der Waals surface area contributed by atoms with Gasteiger partial charge in [-0.1, -0.05) is 53.8 Å². The molecule has 2 aromatic heterocycles. The molecular weight excluding hydrogens is 410 g/mol. The van der Waals surface area contributed by atoms with Gasteiger partial charge >= 0.3 is 0 Å². The molecule has 0 aliphatic heterocycles. The predicted molar refractivity (Wildman–Crippen MR) is 127 cm³/mol. The molecule has 6 heteroatoms. The average Bonchev–Trinajstić information content (AvgIpc) is 3.17. The molecule has 0 atom stereocenters. The highest BCUT2D eigenvalue weighted by atomic mass is 32.2. The van der Waals surface area contributed by atoms with Gasteiger partial charge in [-0.2, -0.15) is 0 Å². The van der Waals surface area contributed by atoms with E-state index in [9.17, 15) is 4.79 Å². The third-order valence-electron chi connectivity index (χ3n) is 4.72. The Kier molecular flexibility index (Phi) is 6.45. The summed E-state index contributed by atoms with van der Waals surface area (Å²) < 4.78 is 1.13. The van der Waals surface area contributed by atoms with Crippen molar-refractivity contribution in [1.29, 1.82) is 0 Å². The van der Waals surface area contributed by atoms with Gasteiger partial charge < -0.3 is 0 Å². The summed E-state index contributed by atoms with van der Waals surface area (Å²) >= 11 is 3.20. The zero-order valence-corrected chi connectivity index (χ0v) is 18.7. The molecule has 2 heterocycles. The van der Waals surface area contributed by atoms with E-state index in [1.807, 2.05) is 36.4 Å². The summed E-state index contributed by atoms with van der Waals surface area (Å²) in [6, 6.07) is 20.2. The van der Waals surface area contributed by atoms with E-state index in [0.717, 1.165) is 26.8 Å². The molecule has 2 aromatic carbocycles. The van der Waals surface area contributed by atoms with Crippen molar-refractivity contribution in [2.24, 2.45) is 0 Å². The molecule has 0 saturated carbocycles. The van der Waals surface area contributed by atoms with Crippen LogP contribution in [0.25, 0.3) is 10.2 Å². The van der Waals surface area contributed by atoms with Gasteiger partial charge in [-0.3, -0.25) is 14.7 Å². The first-order valence-corrected chi connectivity index (χ1v) is 11.8. The number of rotatable bonds is 7. The second-order valence-corrected chi connectivity index (χ2v) is 9.17. The van der Waals surface area contributed by atoms with E-state index < -0.39 is 0 Å². The van der Waals surface area contributed by atoms with Gasteiger partial charge in [-0.25, -0.2) is 4.98 Å². The van der Waals surface area contributed by atoms with Crippen molar-refractivity contribution in [1.82, 2.24) is 9.97 Å². The molecule has 4 rings (SSSR count). The SMILES string of the molecule is Cc1cc(C)c2sc(N(Cc3ccccn3)C(=O)CSCc3ccccc3)nc2c1. The molecular formula is C24H23N3OS2. The van der Waals surface area contributed by atoms with Gasteiger partial charge in [-0.05, 0) is 48.7 Å². The van der Waals surface area contributed by atoms with Crippen molar-refractivity contribution in [2.45, 2.75) is 26.1 Å². The van der Waals surface area contributed by atoms with Crippen LogP contribution in [-0.2, 0) is 17.1 Å². The monoisotopic (exact) mass is 433 g/mol. The molecule has 0 fully saturated rings. The van der Waals surface area contributed by atoms with E-state index in [2.05, 4.69) is 43.1 Å². The van der Waals surface area contributed by atoms with E-state index in [-0.39, 0.29) is 5.91 Å². The smallest absolute Gasteiger partial charge is 0.239 e. The molecule has 0 bridgehead atoms. The van der Waals surface area contributed by atoms with Crippen molar-refractivity contribution >= 4 is 44.4 Å². The summed E-state index contributed by atoms with van der Waals surface area (Å²) in [5.74, 6) is 1.26. The normalized spacial score (nSPS) is 11.0. The van der Waals surface area contributed by atoms with Gasteiger partial charge in [0.1, 0.15) is 0 Å². The minimum Gasteiger partial charge on any atom is -0.281 e. The number of hydrogen-bond acceptors (Lipinski definition) is 5. The second-order valence-electron chi connectivity index (χ2n) is 7.21. The highest BCUT2D eigenvalue weighted by molar-refractivity contribution is 7.99. The van der Waals surface area contributed by atoms with Gasteiger partial charge in [-0.15, -0.1) is 11.8 Å². The van der Waals surface area contributed by atoms with Gasteiger partial charge in [0.15, 0.2) is 5.13 Å². The number of anilines is 1. The maximum Gasteiger partial charge on any atom is 0.239 e. The van der Waals surface area contributed by atoms with Crippen molar-refractivity contribution in [2.75, 3.05) is 10.7 Å². The molecule has 0 aliphatic rings. The van der Waals surface area contributed by atoms with E-state index in [0.29, 0.717) is 12.3 Å². The molecule has 4 aromatic rings. The van der Waals surface area contributed by atoms with Crippen molar-refractivity contribution in [3.05, 3.63) is 89.2 Å². The first-order valence-electron chi connectivity index (χ1n) is 9.80. The molecule has 0 saturated heterocycles. The number of nitrogens with zero attached hydrogens (tertiary/aromatic N) is 3. The standard InChI is InChI=1S/C24H23N3OS2/c1-17-12-18(2)23-21(13-17)26-24(30-23)27(14-20-10-6-7-11-25-20)22(28)16-29-15-19-8-4-3-5-9-19/h3-13H,14-16H2,1-2H3. The van der Waals surface area contributed by atoms with Gasteiger partial charge in [0.05, 0.1) is 28.2 Å². The Bertz CT molecular complexity index is 1140. The summed E-state index contributed by atoms with van der Waals surface area (Å²) in [5.41, 5.74) is 5.39. The average molecular weight is 434 g/mol. The van der Waals surface area contributed by atoms with E-state index in [1.165, 1.54) is 16.7 Å². The van der Waals surface area contributed by atoms with E-state index in [1.54, 1.807) is 34.2 Å². The number of pyridine rings is 1. The minimum absolute atomic E-state index is 0.0509. The number of carbonyl (C=O) groups excluding carboxylic acids is 1. The number of amides is 1. The molecule has 30 heavy (non-hydrogen) atoms. The van der Waals surface area contributed by atoms with Gasteiger partial charge in [0, 0.05) is 11.9 Å². The lowest BCUT2D eigenvalue weighted by Crippen LogP contribution is -2.32. The first-order chi connectivity index (χ1) is 14.6. The molecule has 0 radical (unpaired) electrons. The topological polar surface area (TPSA) is 46.1 Å². The van der Waals surface area contributed by atoms with Gasteiger partial charge in [0.2, 0.25) is 5.91 Å². The van der Waals surface area contributed by atoms with Crippen LogP contribution in [0.3, 0.4) is 0 Å². The third kappa shape index (κ3) is 4.89. The van der Waals surface area contributed by atoms with Gasteiger partial charge in [0.25, 0.3) is 0 Å². The van der Waals surface area contributed by atoms with Crippen LogP contribution in [0.4, 0.5) is 5.13 Å². The molecule has 0 aliphatic carbocycles. The van der Waals surface area contributed by atoms with Crippen molar-refractivity contribution in [3.8, 4) is 0 Å². The van der Waals surface area contributed by atoms with Crippen molar-refractivity contribution in [3.63, 3.8) is 0 Å². The zero-order valence-electron chi connectivity index (χ0n) is 17.0. The summed E-state index contributed by atoms with van der Waals surface area (Å²) in [5, 5.41) is 0.731. The fourth-order valence-corrected chi connectivity index (χ4v) is 5.20. The maximum atomic E-state index is 13.2. The number of fused-ring (bicyclic) bond motifs is 1. The highest BCUT2D eigenvalue weighted by Gasteiger charge is 2.21. The number of aryl methyl sites for hydroxylation is 2. The lowest BCUT2D eigenvalue weighted by atomic mass is 10.1. The quantitative estimate of drug-likeness (QED) is 0.371. The lowest BCUT2D eigenvalue weighted by Gasteiger charge is -2.19. The second kappa shape index (κ2) is 9.41. The Labute approximate surface area is 185 Å². The highest BCUT2D eigenvalue weighted by Crippen LogP contribution is 2.33. The number of hydrogen-bond donors (Lipinski definition) is 0. The molecule has 0 N–H and O–H groups in total. The summed E-state index contributed by atoms with van der Waals surface area (Å²) in [6.07, 6.45) is 1.76. The minimum atomic E-state index is 0.0509. The summed E-state index contributed by atoms with van der Waals surface area (Å²) in [6.45, 7) is 4.59. The maximum absolute atomic E-state index is 13.2. The van der Waals surface area contributed by atoms with E-state index in [4.69, 9.17) is 4.98 Å². The lowest BCUT2D eigenvalue weighted by molar-refractivity contribution is -0.116. The van der Waals surface area contributed by atoms with Crippen LogP contribution in [0.15, 0.2) is 66.9 Å². The summed E-state index contributed by atoms with van der Waals surface area (Å²) in [4.78, 5) is 24.2. The summed E-state index contributed by atoms with van der Waals surface area (Å²) in [7, 11) is 0. The van der Waals surface area contributed by atoms with Crippen LogP contribution < -0.4 is 4.90 Å². The number of benzene rings is 2. The Morgan fingerprint density at radius 2 is 1.87 bits per heavy atom. The largest absolute Gasteiger partial charge is 0.281 e. The Morgan fingerprint density at radius 3 is 2.63 bits per heavy atom. The van der Waals surface area contributed by atoms with Crippen LogP contribution in [0.5, 0.6) is 0 Å². The third-order valence-corrected chi connectivity index (χ3v) is 6.94. The number of aromatic nitrogens is 2. The Hall–Kier alpha value is -2.70. The number of thiazole rings is 1. The number of thioether (sulfide) groups is 1.